The van der Waals surface area contributed by atoms with E-state index < -0.39 is 0 Å². The summed E-state index contributed by atoms with van der Waals surface area (Å²) in [7, 11) is 0. The van der Waals surface area contributed by atoms with Crippen LogP contribution in [-0.2, 0) is 6.42 Å². The van der Waals surface area contributed by atoms with Crippen LogP contribution in [0.2, 0.25) is 0 Å². The normalized spacial score (nSPS) is 21.2. The van der Waals surface area contributed by atoms with Gasteiger partial charge in [-0.3, -0.25) is 4.68 Å². The van der Waals surface area contributed by atoms with E-state index in [0.29, 0.717) is 6.04 Å². The molecule has 1 fully saturated rings. The molecule has 1 saturated heterocycles. The van der Waals surface area contributed by atoms with Gasteiger partial charge in [0.15, 0.2) is 0 Å². The first kappa shape index (κ1) is 12.0. The second kappa shape index (κ2) is 5.73. The fourth-order valence-electron chi connectivity index (χ4n) is 2.28. The zero-order valence-electron chi connectivity index (χ0n) is 9.98. The Kier molecular flexibility index (Phi) is 4.29. The summed E-state index contributed by atoms with van der Waals surface area (Å²) in [5.41, 5.74) is 8.27. The van der Waals surface area contributed by atoms with Crippen molar-refractivity contribution in [3.05, 3.63) is 17.5 Å². The molecule has 1 aliphatic heterocycles. The van der Waals surface area contributed by atoms with Crippen molar-refractivity contribution in [3.8, 4) is 0 Å². The molecule has 90 valence electrons. The predicted octanol–water partition coefficient (Wildman–Crippen LogP) is 2.15. The topological polar surface area (TPSA) is 43.8 Å². The summed E-state index contributed by atoms with van der Waals surface area (Å²) in [5.74, 6) is 2.54. The highest BCUT2D eigenvalue weighted by atomic mass is 32.2. The molecule has 0 spiro atoms. The summed E-state index contributed by atoms with van der Waals surface area (Å²) in [6.07, 6.45) is 6.77. The highest BCUT2D eigenvalue weighted by Crippen LogP contribution is 2.28. The van der Waals surface area contributed by atoms with E-state index in [-0.39, 0.29) is 0 Å². The minimum Gasteiger partial charge on any atom is -0.330 e. The SMILES string of the molecule is Cc1c(CCCN)cnn1C1CCCSC1. The van der Waals surface area contributed by atoms with E-state index in [9.17, 15) is 0 Å². The van der Waals surface area contributed by atoms with Crippen LogP contribution in [0.5, 0.6) is 0 Å². The van der Waals surface area contributed by atoms with Crippen LogP contribution in [0.15, 0.2) is 6.20 Å². The monoisotopic (exact) mass is 239 g/mol. The van der Waals surface area contributed by atoms with Crippen molar-refractivity contribution < 1.29 is 0 Å². The quantitative estimate of drug-likeness (QED) is 0.875. The van der Waals surface area contributed by atoms with Crippen LogP contribution in [0.25, 0.3) is 0 Å². The van der Waals surface area contributed by atoms with Crippen LogP contribution in [0.4, 0.5) is 0 Å². The first-order chi connectivity index (χ1) is 7.83. The van der Waals surface area contributed by atoms with Crippen molar-refractivity contribution >= 4 is 11.8 Å². The van der Waals surface area contributed by atoms with Gasteiger partial charge in [0.25, 0.3) is 0 Å². The molecule has 2 heterocycles. The molecule has 2 N–H and O–H groups in total. The lowest BCUT2D eigenvalue weighted by molar-refractivity contribution is 0.445. The molecule has 0 aliphatic carbocycles. The van der Waals surface area contributed by atoms with E-state index in [2.05, 4.69) is 28.5 Å². The van der Waals surface area contributed by atoms with Gasteiger partial charge in [0.2, 0.25) is 0 Å². The number of aryl methyl sites for hydroxylation is 1. The van der Waals surface area contributed by atoms with Crippen molar-refractivity contribution in [1.29, 1.82) is 0 Å². The van der Waals surface area contributed by atoms with Gasteiger partial charge in [0.05, 0.1) is 12.2 Å². The summed E-state index contributed by atoms with van der Waals surface area (Å²) >= 11 is 2.05. The van der Waals surface area contributed by atoms with Gasteiger partial charge in [0, 0.05) is 11.4 Å². The summed E-state index contributed by atoms with van der Waals surface area (Å²) < 4.78 is 2.23. The summed E-state index contributed by atoms with van der Waals surface area (Å²) in [6.45, 7) is 2.96. The minimum atomic E-state index is 0.616. The number of nitrogens with zero attached hydrogens (tertiary/aromatic N) is 2. The van der Waals surface area contributed by atoms with Gasteiger partial charge in [-0.05, 0) is 50.5 Å². The maximum absolute atomic E-state index is 5.55. The number of rotatable bonds is 4. The van der Waals surface area contributed by atoms with E-state index in [1.807, 2.05) is 6.20 Å². The van der Waals surface area contributed by atoms with Gasteiger partial charge >= 0.3 is 0 Å². The Morgan fingerprint density at radius 1 is 1.62 bits per heavy atom. The smallest absolute Gasteiger partial charge is 0.0613 e. The van der Waals surface area contributed by atoms with Gasteiger partial charge < -0.3 is 5.73 Å². The predicted molar refractivity (Wildman–Crippen MR) is 69.9 cm³/mol. The molecule has 0 radical (unpaired) electrons. The molecule has 1 unspecified atom stereocenters. The Morgan fingerprint density at radius 3 is 3.19 bits per heavy atom. The molecule has 1 aromatic rings. The fraction of sp³-hybridized carbons (Fsp3) is 0.750. The first-order valence-electron chi connectivity index (χ1n) is 6.13. The van der Waals surface area contributed by atoms with Crippen molar-refractivity contribution in [2.75, 3.05) is 18.1 Å². The first-order valence-corrected chi connectivity index (χ1v) is 7.29. The lowest BCUT2D eigenvalue weighted by Gasteiger charge is -2.23. The summed E-state index contributed by atoms with van der Waals surface area (Å²) in [5, 5.41) is 4.55. The number of hydrogen-bond donors (Lipinski definition) is 1. The molecule has 0 saturated carbocycles. The number of nitrogens with two attached hydrogens (primary N) is 1. The van der Waals surface area contributed by atoms with Crippen LogP contribution >= 0.6 is 11.8 Å². The number of thioether (sulfide) groups is 1. The molecule has 4 heteroatoms. The molecule has 1 aromatic heterocycles. The van der Waals surface area contributed by atoms with Crippen LogP contribution < -0.4 is 5.73 Å². The lowest BCUT2D eigenvalue weighted by atomic mass is 10.1. The number of hydrogen-bond acceptors (Lipinski definition) is 3. The van der Waals surface area contributed by atoms with E-state index in [0.717, 1.165) is 19.4 Å². The molecular weight excluding hydrogens is 218 g/mol. The largest absolute Gasteiger partial charge is 0.330 e. The highest BCUT2D eigenvalue weighted by molar-refractivity contribution is 7.99. The second-order valence-corrected chi connectivity index (χ2v) is 5.61. The van der Waals surface area contributed by atoms with Crippen molar-refractivity contribution in [3.63, 3.8) is 0 Å². The Labute approximate surface area is 102 Å². The fourth-order valence-corrected chi connectivity index (χ4v) is 3.40. The van der Waals surface area contributed by atoms with Gasteiger partial charge in [-0.1, -0.05) is 0 Å². The van der Waals surface area contributed by atoms with Crippen LogP contribution in [0.1, 0.15) is 36.6 Å². The molecule has 3 nitrogen and oxygen atoms in total. The van der Waals surface area contributed by atoms with Crippen molar-refractivity contribution in [1.82, 2.24) is 9.78 Å². The van der Waals surface area contributed by atoms with Crippen LogP contribution in [0, 0.1) is 6.92 Å². The summed E-state index contributed by atoms with van der Waals surface area (Å²) in [4.78, 5) is 0. The molecule has 0 bridgehead atoms. The maximum atomic E-state index is 5.55. The molecule has 0 amide bonds. The minimum absolute atomic E-state index is 0.616. The Hall–Kier alpha value is -0.480. The highest BCUT2D eigenvalue weighted by Gasteiger charge is 2.18. The van der Waals surface area contributed by atoms with Crippen molar-refractivity contribution in [2.45, 2.75) is 38.6 Å². The van der Waals surface area contributed by atoms with Crippen LogP contribution in [0.3, 0.4) is 0 Å². The molecular formula is C12H21N3S. The van der Waals surface area contributed by atoms with Gasteiger partial charge in [-0.2, -0.15) is 16.9 Å². The molecule has 1 aliphatic rings. The molecule has 1 atom stereocenters. The van der Waals surface area contributed by atoms with E-state index in [1.54, 1.807) is 0 Å². The molecule has 16 heavy (non-hydrogen) atoms. The average molecular weight is 239 g/mol. The number of aromatic nitrogens is 2. The van der Waals surface area contributed by atoms with Crippen molar-refractivity contribution in [2.24, 2.45) is 5.73 Å². The van der Waals surface area contributed by atoms with E-state index in [1.165, 1.54) is 35.6 Å². The van der Waals surface area contributed by atoms with E-state index >= 15 is 0 Å². The zero-order chi connectivity index (χ0) is 11.4. The zero-order valence-corrected chi connectivity index (χ0v) is 10.8. The Bertz CT molecular complexity index is 329. The Morgan fingerprint density at radius 2 is 2.50 bits per heavy atom. The average Bonchev–Trinajstić information content (AvgIpc) is 2.69. The molecule has 0 aromatic carbocycles. The third-order valence-corrected chi connectivity index (χ3v) is 4.48. The van der Waals surface area contributed by atoms with Gasteiger partial charge in [-0.15, -0.1) is 0 Å². The Balaban J connectivity index is 2.06. The third kappa shape index (κ3) is 2.61. The third-order valence-electron chi connectivity index (χ3n) is 3.28. The van der Waals surface area contributed by atoms with Gasteiger partial charge in [-0.25, -0.2) is 0 Å². The summed E-state index contributed by atoms with van der Waals surface area (Å²) in [6, 6.07) is 0.616. The van der Waals surface area contributed by atoms with Crippen LogP contribution in [-0.4, -0.2) is 27.8 Å². The maximum Gasteiger partial charge on any atom is 0.0613 e. The standard InChI is InChI=1S/C12H21N3S/c1-10-11(4-2-6-13)8-14-15(10)12-5-3-7-16-9-12/h8,12H,2-7,9,13H2,1H3. The van der Waals surface area contributed by atoms with Gasteiger partial charge in [0.1, 0.15) is 0 Å². The van der Waals surface area contributed by atoms with E-state index in [4.69, 9.17) is 5.73 Å². The second-order valence-electron chi connectivity index (χ2n) is 4.46. The molecule has 2 rings (SSSR count). The lowest BCUT2D eigenvalue weighted by Crippen LogP contribution is -2.18.